The van der Waals surface area contributed by atoms with Gasteiger partial charge in [-0.3, -0.25) is 9.67 Å². The number of morpholine rings is 1. The highest BCUT2D eigenvalue weighted by Crippen LogP contribution is 2.33. The number of hydrogen-bond acceptors (Lipinski definition) is 7. The number of nitrogens with zero attached hydrogens (tertiary/aromatic N) is 5. The lowest BCUT2D eigenvalue weighted by molar-refractivity contribution is 0.0986. The van der Waals surface area contributed by atoms with E-state index in [0.29, 0.717) is 30.1 Å². The summed E-state index contributed by atoms with van der Waals surface area (Å²) in [5, 5.41) is 12.6. The number of nitrogens with two attached hydrogens (primary N) is 1. The number of rotatable bonds is 4. The van der Waals surface area contributed by atoms with Crippen molar-refractivity contribution in [1.29, 1.82) is 5.41 Å². The normalized spacial score (nSPS) is 17.9. The van der Waals surface area contributed by atoms with Crippen LogP contribution in [0.25, 0.3) is 27.9 Å². The van der Waals surface area contributed by atoms with E-state index in [2.05, 4.69) is 28.0 Å². The Morgan fingerprint density at radius 2 is 2.21 bits per heavy atom. The fourth-order valence-corrected chi connectivity index (χ4v) is 3.58. The van der Waals surface area contributed by atoms with Crippen LogP contribution in [0.15, 0.2) is 36.7 Å². The van der Waals surface area contributed by atoms with Crippen LogP contribution in [0.4, 0.5) is 5.82 Å². The fourth-order valence-electron chi connectivity index (χ4n) is 3.58. The number of ether oxygens (including phenoxy) is 1. The van der Waals surface area contributed by atoms with Crippen molar-refractivity contribution < 1.29 is 4.74 Å². The Balaban J connectivity index is 2.01. The Kier molecular flexibility index (Phi) is 4.79. The fraction of sp³-hybridized carbons (Fsp3) is 0.300. The predicted molar refractivity (Wildman–Crippen MR) is 110 cm³/mol. The van der Waals surface area contributed by atoms with Gasteiger partial charge in [-0.2, -0.15) is 5.10 Å². The summed E-state index contributed by atoms with van der Waals surface area (Å²) < 4.78 is 7.43. The van der Waals surface area contributed by atoms with Crippen molar-refractivity contribution in [3.63, 3.8) is 0 Å². The first-order chi connectivity index (χ1) is 13.6. The molecule has 3 aromatic heterocycles. The SMILES string of the molecule is CC1COCCN1c1cc(-c2ccnn2C)c2ccnc(/C(N)=C/C=N)c2n1. The van der Waals surface area contributed by atoms with Crippen LogP contribution in [0.1, 0.15) is 12.6 Å². The highest BCUT2D eigenvalue weighted by molar-refractivity contribution is 6.00. The zero-order chi connectivity index (χ0) is 19.7. The van der Waals surface area contributed by atoms with Gasteiger partial charge in [-0.15, -0.1) is 0 Å². The van der Waals surface area contributed by atoms with Crippen molar-refractivity contribution in [3.8, 4) is 11.3 Å². The van der Waals surface area contributed by atoms with E-state index in [4.69, 9.17) is 20.9 Å². The van der Waals surface area contributed by atoms with Gasteiger partial charge in [-0.05, 0) is 31.2 Å². The zero-order valence-electron chi connectivity index (χ0n) is 16.0. The molecule has 0 radical (unpaired) electrons. The molecule has 0 amide bonds. The molecule has 1 saturated heterocycles. The highest BCUT2D eigenvalue weighted by Gasteiger charge is 2.23. The van der Waals surface area contributed by atoms with Crippen LogP contribution in [0.3, 0.4) is 0 Å². The molecule has 8 nitrogen and oxygen atoms in total. The van der Waals surface area contributed by atoms with Gasteiger partial charge in [0.1, 0.15) is 17.0 Å². The van der Waals surface area contributed by atoms with Crippen LogP contribution in [0.5, 0.6) is 0 Å². The number of aromatic nitrogens is 4. The van der Waals surface area contributed by atoms with E-state index >= 15 is 0 Å². The van der Waals surface area contributed by atoms with Crippen molar-refractivity contribution >= 4 is 28.6 Å². The maximum Gasteiger partial charge on any atom is 0.130 e. The minimum atomic E-state index is 0.215. The van der Waals surface area contributed by atoms with Gasteiger partial charge in [0.05, 0.1) is 30.6 Å². The lowest BCUT2D eigenvalue weighted by Crippen LogP contribution is -2.44. The van der Waals surface area contributed by atoms with Crippen LogP contribution < -0.4 is 10.6 Å². The first kappa shape index (κ1) is 18.1. The minimum Gasteiger partial charge on any atom is -0.397 e. The van der Waals surface area contributed by atoms with Gasteiger partial charge in [-0.25, -0.2) is 4.98 Å². The Labute approximate surface area is 163 Å². The van der Waals surface area contributed by atoms with Crippen LogP contribution in [0, 0.1) is 5.41 Å². The number of aryl methyl sites for hydroxylation is 1. The molecule has 144 valence electrons. The second-order valence-electron chi connectivity index (χ2n) is 6.83. The molecule has 3 aromatic rings. The number of nitrogens with one attached hydrogen (secondary N) is 1. The smallest absolute Gasteiger partial charge is 0.130 e. The van der Waals surface area contributed by atoms with Gasteiger partial charge in [0.2, 0.25) is 0 Å². The molecule has 0 saturated carbocycles. The van der Waals surface area contributed by atoms with Crippen LogP contribution in [-0.4, -0.2) is 51.8 Å². The third-order valence-corrected chi connectivity index (χ3v) is 5.01. The minimum absolute atomic E-state index is 0.215. The third-order valence-electron chi connectivity index (χ3n) is 5.01. The molecule has 28 heavy (non-hydrogen) atoms. The molecular weight excluding hydrogens is 354 g/mol. The van der Waals surface area contributed by atoms with Gasteiger partial charge in [0.15, 0.2) is 0 Å². The lowest BCUT2D eigenvalue weighted by Gasteiger charge is -2.34. The summed E-state index contributed by atoms with van der Waals surface area (Å²) >= 11 is 0. The van der Waals surface area contributed by atoms with E-state index in [1.54, 1.807) is 12.4 Å². The van der Waals surface area contributed by atoms with Crippen molar-refractivity contribution in [3.05, 3.63) is 42.4 Å². The highest BCUT2D eigenvalue weighted by atomic mass is 16.5. The van der Waals surface area contributed by atoms with E-state index in [1.165, 1.54) is 6.08 Å². The van der Waals surface area contributed by atoms with Crippen molar-refractivity contribution in [2.24, 2.45) is 12.8 Å². The summed E-state index contributed by atoms with van der Waals surface area (Å²) in [6.45, 7) is 4.23. The monoisotopic (exact) mass is 377 g/mol. The number of allylic oxidation sites excluding steroid dienone is 1. The molecule has 1 aliphatic rings. The molecule has 0 bridgehead atoms. The van der Waals surface area contributed by atoms with E-state index in [1.807, 2.05) is 23.9 Å². The van der Waals surface area contributed by atoms with Gasteiger partial charge in [0, 0.05) is 43.2 Å². The topological polar surface area (TPSA) is 106 Å². The van der Waals surface area contributed by atoms with Crippen LogP contribution in [0.2, 0.25) is 0 Å². The Hall–Kier alpha value is -3.26. The van der Waals surface area contributed by atoms with E-state index in [0.717, 1.165) is 35.2 Å². The standard InChI is InChI=1S/C20H23N7O/c1-13-12-28-10-9-27(13)18-11-15(17-5-8-24-26(17)2)14-4-7-23-20(19(14)25-18)16(22)3-6-21/h3-8,11,13,21H,9-10,12,22H2,1-2H3/b16-3-,21-6?. The number of hydrogen-bond donors (Lipinski definition) is 2. The van der Waals surface area contributed by atoms with Gasteiger partial charge >= 0.3 is 0 Å². The second-order valence-corrected chi connectivity index (χ2v) is 6.83. The first-order valence-electron chi connectivity index (χ1n) is 9.19. The molecule has 1 fully saturated rings. The summed E-state index contributed by atoms with van der Waals surface area (Å²) in [6, 6.07) is 6.24. The Bertz CT molecular complexity index is 1060. The summed E-state index contributed by atoms with van der Waals surface area (Å²) in [5.41, 5.74) is 9.89. The largest absolute Gasteiger partial charge is 0.397 e. The molecule has 3 N–H and O–H groups in total. The molecule has 1 unspecified atom stereocenters. The van der Waals surface area contributed by atoms with Gasteiger partial charge in [-0.1, -0.05) is 0 Å². The van der Waals surface area contributed by atoms with E-state index in [-0.39, 0.29) is 6.04 Å². The molecule has 4 rings (SSSR count). The van der Waals surface area contributed by atoms with E-state index < -0.39 is 0 Å². The molecule has 4 heterocycles. The maximum absolute atomic E-state index is 7.34. The van der Waals surface area contributed by atoms with Gasteiger partial charge in [0.25, 0.3) is 0 Å². The molecular formula is C20H23N7O. The van der Waals surface area contributed by atoms with Crippen LogP contribution in [-0.2, 0) is 11.8 Å². The second kappa shape index (κ2) is 7.40. The quantitative estimate of drug-likeness (QED) is 0.675. The predicted octanol–water partition coefficient (Wildman–Crippen LogP) is 2.20. The molecule has 0 aromatic carbocycles. The average Bonchev–Trinajstić information content (AvgIpc) is 3.13. The van der Waals surface area contributed by atoms with Crippen molar-refractivity contribution in [1.82, 2.24) is 19.7 Å². The Morgan fingerprint density at radius 1 is 1.36 bits per heavy atom. The van der Waals surface area contributed by atoms with E-state index in [9.17, 15) is 0 Å². The third kappa shape index (κ3) is 3.11. The molecule has 0 spiro atoms. The van der Waals surface area contributed by atoms with Crippen molar-refractivity contribution in [2.75, 3.05) is 24.7 Å². The lowest BCUT2D eigenvalue weighted by atomic mass is 10.0. The summed E-state index contributed by atoms with van der Waals surface area (Å²) in [7, 11) is 1.92. The molecule has 8 heteroatoms. The first-order valence-corrected chi connectivity index (χ1v) is 9.19. The van der Waals surface area contributed by atoms with Gasteiger partial charge < -0.3 is 20.8 Å². The Morgan fingerprint density at radius 3 is 2.93 bits per heavy atom. The molecule has 1 aliphatic heterocycles. The average molecular weight is 377 g/mol. The molecule has 0 aliphatic carbocycles. The maximum atomic E-state index is 7.34. The number of fused-ring (bicyclic) bond motifs is 1. The van der Waals surface area contributed by atoms with Crippen LogP contribution >= 0.6 is 0 Å². The summed E-state index contributed by atoms with van der Waals surface area (Å²) in [6.07, 6.45) is 6.19. The number of anilines is 1. The molecule has 1 atom stereocenters. The summed E-state index contributed by atoms with van der Waals surface area (Å²) in [5.74, 6) is 0.858. The summed E-state index contributed by atoms with van der Waals surface area (Å²) in [4.78, 5) is 11.6. The zero-order valence-corrected chi connectivity index (χ0v) is 16.0. The number of pyridine rings is 2. The van der Waals surface area contributed by atoms with Crippen molar-refractivity contribution in [2.45, 2.75) is 13.0 Å².